The van der Waals surface area contributed by atoms with Gasteiger partial charge < -0.3 is 10.1 Å². The average Bonchev–Trinajstić information content (AvgIpc) is 3.09. The molecule has 3 unspecified atom stereocenters. The molecule has 2 saturated heterocycles. The minimum absolute atomic E-state index is 0.216. The zero-order valence-corrected chi connectivity index (χ0v) is 11.8. The van der Waals surface area contributed by atoms with Crippen LogP contribution in [-0.2, 0) is 10.9 Å². The lowest BCUT2D eigenvalue weighted by Gasteiger charge is -2.19. The summed E-state index contributed by atoms with van der Waals surface area (Å²) in [6, 6.07) is 3.92. The van der Waals surface area contributed by atoms with E-state index in [1.165, 1.54) is 17.4 Å². The highest BCUT2D eigenvalue weighted by Gasteiger charge is 2.41. The van der Waals surface area contributed by atoms with Gasteiger partial charge in [-0.3, -0.25) is 0 Å². The number of anilines is 1. The molecule has 7 heteroatoms. The number of nitrogens with one attached hydrogen (secondary N) is 1. The van der Waals surface area contributed by atoms with Crippen molar-refractivity contribution in [3.63, 3.8) is 0 Å². The van der Waals surface area contributed by atoms with Crippen molar-refractivity contribution in [1.82, 2.24) is 4.98 Å². The first-order chi connectivity index (χ1) is 9.99. The molecule has 0 amide bonds. The van der Waals surface area contributed by atoms with Crippen molar-refractivity contribution in [3.8, 4) is 0 Å². The molecule has 2 fully saturated rings. The van der Waals surface area contributed by atoms with E-state index >= 15 is 0 Å². The maximum absolute atomic E-state index is 12.7. The standard InChI is InChI=1S/C14H13F3N2OS/c15-14(16,17)7-1-4-12-10(5-7)19-13(21-12)18-9-6-8-2-3-11(9)20-8/h1,4-5,8-9,11H,2-3,6H2,(H,18,19). The minimum Gasteiger partial charge on any atom is -0.373 e. The third kappa shape index (κ3) is 2.38. The van der Waals surface area contributed by atoms with E-state index in [0.717, 1.165) is 36.1 Å². The summed E-state index contributed by atoms with van der Waals surface area (Å²) in [5, 5.41) is 3.99. The molecule has 0 spiro atoms. The van der Waals surface area contributed by atoms with Gasteiger partial charge in [0.25, 0.3) is 0 Å². The molecular weight excluding hydrogens is 301 g/mol. The van der Waals surface area contributed by atoms with E-state index in [4.69, 9.17) is 4.74 Å². The van der Waals surface area contributed by atoms with Crippen LogP contribution in [0, 0.1) is 0 Å². The monoisotopic (exact) mass is 314 g/mol. The molecule has 2 bridgehead atoms. The van der Waals surface area contributed by atoms with E-state index in [1.807, 2.05) is 0 Å². The van der Waals surface area contributed by atoms with Crippen LogP contribution < -0.4 is 5.32 Å². The van der Waals surface area contributed by atoms with Crippen LogP contribution in [0.25, 0.3) is 10.2 Å². The largest absolute Gasteiger partial charge is 0.416 e. The van der Waals surface area contributed by atoms with Crippen molar-refractivity contribution >= 4 is 26.7 Å². The van der Waals surface area contributed by atoms with Crippen LogP contribution in [0.4, 0.5) is 18.3 Å². The Morgan fingerprint density at radius 1 is 1.29 bits per heavy atom. The molecule has 1 N–H and O–H groups in total. The van der Waals surface area contributed by atoms with Crippen molar-refractivity contribution in [2.75, 3.05) is 5.32 Å². The van der Waals surface area contributed by atoms with Gasteiger partial charge in [-0.2, -0.15) is 13.2 Å². The van der Waals surface area contributed by atoms with Crippen LogP contribution in [-0.4, -0.2) is 23.2 Å². The summed E-state index contributed by atoms with van der Waals surface area (Å²) >= 11 is 1.39. The number of fused-ring (bicyclic) bond motifs is 3. The van der Waals surface area contributed by atoms with Gasteiger partial charge in [0.1, 0.15) is 0 Å². The van der Waals surface area contributed by atoms with E-state index in [2.05, 4.69) is 10.3 Å². The lowest BCUT2D eigenvalue weighted by molar-refractivity contribution is -0.137. The first-order valence-corrected chi connectivity index (χ1v) is 7.70. The maximum Gasteiger partial charge on any atom is 0.416 e. The molecule has 2 aromatic rings. The zero-order chi connectivity index (χ0) is 14.6. The number of alkyl halides is 3. The fourth-order valence-electron chi connectivity index (χ4n) is 3.11. The van der Waals surface area contributed by atoms with Crippen LogP contribution >= 0.6 is 11.3 Å². The predicted molar refractivity (Wildman–Crippen MR) is 74.5 cm³/mol. The second-order valence-electron chi connectivity index (χ2n) is 5.56. The number of benzene rings is 1. The number of hydrogen-bond donors (Lipinski definition) is 1. The van der Waals surface area contributed by atoms with Crippen molar-refractivity contribution in [1.29, 1.82) is 0 Å². The summed E-state index contributed by atoms with van der Waals surface area (Å²) in [5.74, 6) is 0. The number of halogens is 3. The lowest BCUT2D eigenvalue weighted by atomic mass is 9.96. The van der Waals surface area contributed by atoms with Gasteiger partial charge in [0, 0.05) is 0 Å². The SMILES string of the molecule is FC(F)(F)c1ccc2sc(NC3CC4CCC3O4)nc2c1. The summed E-state index contributed by atoms with van der Waals surface area (Å²) in [7, 11) is 0. The van der Waals surface area contributed by atoms with Gasteiger partial charge in [-0.25, -0.2) is 4.98 Å². The molecule has 1 aromatic carbocycles. The normalized spacial score (nSPS) is 28.4. The Bertz CT molecular complexity index is 684. The van der Waals surface area contributed by atoms with Crippen LogP contribution in [0.15, 0.2) is 18.2 Å². The van der Waals surface area contributed by atoms with Crippen molar-refractivity contribution in [2.45, 2.75) is 43.7 Å². The van der Waals surface area contributed by atoms with Gasteiger partial charge in [0.05, 0.1) is 34.0 Å². The first-order valence-electron chi connectivity index (χ1n) is 6.89. The van der Waals surface area contributed by atoms with Crippen molar-refractivity contribution in [3.05, 3.63) is 23.8 Å². The Hall–Kier alpha value is -1.34. The highest BCUT2D eigenvalue weighted by molar-refractivity contribution is 7.22. The average molecular weight is 314 g/mol. The highest BCUT2D eigenvalue weighted by atomic mass is 32.1. The molecule has 4 rings (SSSR count). The Morgan fingerprint density at radius 3 is 2.81 bits per heavy atom. The van der Waals surface area contributed by atoms with E-state index in [0.29, 0.717) is 16.8 Å². The van der Waals surface area contributed by atoms with Gasteiger partial charge in [0.2, 0.25) is 0 Å². The van der Waals surface area contributed by atoms with Gasteiger partial charge in [-0.1, -0.05) is 11.3 Å². The molecule has 0 aliphatic carbocycles. The van der Waals surface area contributed by atoms with Crippen LogP contribution in [0.5, 0.6) is 0 Å². The smallest absolute Gasteiger partial charge is 0.373 e. The summed E-state index contributed by atoms with van der Waals surface area (Å²) in [6.45, 7) is 0. The molecule has 2 aliphatic rings. The van der Waals surface area contributed by atoms with Gasteiger partial charge >= 0.3 is 6.18 Å². The Labute approximate surface area is 123 Å². The van der Waals surface area contributed by atoms with E-state index in [-0.39, 0.29) is 12.1 Å². The van der Waals surface area contributed by atoms with Crippen LogP contribution in [0.2, 0.25) is 0 Å². The number of nitrogens with zero attached hydrogens (tertiary/aromatic N) is 1. The van der Waals surface area contributed by atoms with E-state index < -0.39 is 11.7 Å². The Balaban J connectivity index is 1.59. The lowest BCUT2D eigenvalue weighted by Crippen LogP contribution is -2.30. The first kappa shape index (κ1) is 13.3. The summed E-state index contributed by atoms with van der Waals surface area (Å²) < 4.78 is 44.6. The molecule has 0 saturated carbocycles. The predicted octanol–water partition coefficient (Wildman–Crippen LogP) is 4.05. The van der Waals surface area contributed by atoms with Gasteiger partial charge in [0.15, 0.2) is 5.13 Å². The minimum atomic E-state index is -4.33. The summed E-state index contributed by atoms with van der Waals surface area (Å²) in [5.41, 5.74) is -0.267. The fraction of sp³-hybridized carbons (Fsp3) is 0.500. The summed E-state index contributed by atoms with van der Waals surface area (Å²) in [6.07, 6.45) is -0.673. The topological polar surface area (TPSA) is 34.1 Å². The molecular formula is C14H13F3N2OS. The molecule has 2 aliphatic heterocycles. The van der Waals surface area contributed by atoms with Gasteiger partial charge in [-0.05, 0) is 37.5 Å². The van der Waals surface area contributed by atoms with E-state index in [9.17, 15) is 13.2 Å². The van der Waals surface area contributed by atoms with Gasteiger partial charge in [-0.15, -0.1) is 0 Å². The second-order valence-corrected chi connectivity index (χ2v) is 6.59. The number of aromatic nitrogens is 1. The maximum atomic E-state index is 12.7. The quantitative estimate of drug-likeness (QED) is 0.908. The molecule has 3 atom stereocenters. The number of thiazole rings is 1. The number of hydrogen-bond acceptors (Lipinski definition) is 4. The van der Waals surface area contributed by atoms with Crippen LogP contribution in [0.3, 0.4) is 0 Å². The molecule has 112 valence electrons. The highest BCUT2D eigenvalue weighted by Crippen LogP contribution is 2.38. The van der Waals surface area contributed by atoms with Crippen molar-refractivity contribution < 1.29 is 17.9 Å². The molecule has 0 radical (unpaired) electrons. The third-order valence-electron chi connectivity index (χ3n) is 4.13. The van der Waals surface area contributed by atoms with Crippen molar-refractivity contribution in [2.24, 2.45) is 0 Å². The Kier molecular flexibility index (Phi) is 2.91. The molecule has 3 nitrogen and oxygen atoms in total. The fourth-order valence-corrected chi connectivity index (χ4v) is 4.02. The Morgan fingerprint density at radius 2 is 2.14 bits per heavy atom. The molecule has 3 heterocycles. The molecule has 21 heavy (non-hydrogen) atoms. The summed E-state index contributed by atoms with van der Waals surface area (Å²) in [4.78, 5) is 4.29. The van der Waals surface area contributed by atoms with E-state index in [1.54, 1.807) is 0 Å². The van der Waals surface area contributed by atoms with Crippen LogP contribution in [0.1, 0.15) is 24.8 Å². The zero-order valence-electron chi connectivity index (χ0n) is 11.0. The number of rotatable bonds is 2. The second kappa shape index (κ2) is 4.58. The third-order valence-corrected chi connectivity index (χ3v) is 5.10. The molecule has 1 aromatic heterocycles. The number of ether oxygens (including phenoxy) is 1.